The molecule has 6 fully saturated rings. The van der Waals surface area contributed by atoms with Crippen LogP contribution in [0.2, 0.25) is 0 Å². The molecule has 7 aliphatic rings. The molecule has 11 nitrogen and oxygen atoms in total. The fourth-order valence-corrected chi connectivity index (χ4v) is 14.1. The van der Waals surface area contributed by atoms with Gasteiger partial charge in [0.1, 0.15) is 23.2 Å². The second kappa shape index (κ2) is 14.1. The number of aliphatic imine (C=N–C) groups is 1. The molecule has 2 saturated heterocycles. The van der Waals surface area contributed by atoms with Crippen molar-refractivity contribution in [3.63, 3.8) is 0 Å². The molecule has 10 rings (SSSR count). The SMILES string of the molecule is CC(=C1\CCCN(C2=CC=C(c3cnn(CC45CC6(CCCN7CCCC7)C[C@@](C)(C4)C[C@](C)(C6)C5)c3C)C(=C(O)O)N2)C1=N)/C(N)=N\c1nc2ccccc2s1. The first-order valence-corrected chi connectivity index (χ1v) is 21.9. The van der Waals surface area contributed by atoms with Crippen LogP contribution in [0.5, 0.6) is 0 Å². The third-order valence-corrected chi connectivity index (χ3v) is 15.1. The van der Waals surface area contributed by atoms with E-state index in [4.69, 9.17) is 10.8 Å². The zero-order valence-electron chi connectivity index (χ0n) is 34.1. The fourth-order valence-electron chi connectivity index (χ4n) is 13.2. The molecule has 4 saturated carbocycles. The number of benzene rings is 1. The number of piperidine rings is 1. The van der Waals surface area contributed by atoms with Crippen LogP contribution in [-0.4, -0.2) is 72.6 Å². The second-order valence-electron chi connectivity index (χ2n) is 19.3. The predicted molar refractivity (Wildman–Crippen MR) is 229 cm³/mol. The van der Waals surface area contributed by atoms with Crippen molar-refractivity contribution < 1.29 is 10.2 Å². The summed E-state index contributed by atoms with van der Waals surface area (Å²) in [5, 5.41) is 39.5. The van der Waals surface area contributed by atoms with Crippen molar-refractivity contribution in [3.05, 3.63) is 82.5 Å². The minimum Gasteiger partial charge on any atom is -0.480 e. The van der Waals surface area contributed by atoms with Crippen molar-refractivity contribution in [3.8, 4) is 0 Å². The van der Waals surface area contributed by atoms with Crippen molar-refractivity contribution in [1.82, 2.24) is 29.9 Å². The van der Waals surface area contributed by atoms with Gasteiger partial charge in [0, 0.05) is 35.5 Å². The lowest BCUT2D eigenvalue weighted by molar-refractivity contribution is -0.198. The van der Waals surface area contributed by atoms with Crippen LogP contribution in [0.3, 0.4) is 0 Å². The lowest BCUT2D eigenvalue weighted by Crippen LogP contribution is -2.60. The molecular weight excluding hydrogens is 731 g/mol. The van der Waals surface area contributed by atoms with Gasteiger partial charge in [-0.1, -0.05) is 37.3 Å². The molecule has 0 amide bonds. The number of likely N-dealkylation sites (tertiary alicyclic amines) is 2. The van der Waals surface area contributed by atoms with Crippen LogP contribution in [0.1, 0.15) is 109 Å². The number of hydrogen-bond donors (Lipinski definition) is 5. The molecule has 57 heavy (non-hydrogen) atoms. The van der Waals surface area contributed by atoms with E-state index in [9.17, 15) is 15.6 Å². The first-order valence-electron chi connectivity index (χ1n) is 21.1. The van der Waals surface area contributed by atoms with E-state index in [1.54, 1.807) is 0 Å². The van der Waals surface area contributed by atoms with Crippen molar-refractivity contribution in [2.24, 2.45) is 32.4 Å². The number of hydrogen-bond acceptors (Lipinski definition) is 9. The fraction of sp³-hybridized carbons (Fsp3) is 0.556. The highest BCUT2D eigenvalue weighted by Crippen LogP contribution is 2.75. The van der Waals surface area contributed by atoms with Gasteiger partial charge in [-0.05, 0) is 162 Å². The summed E-state index contributed by atoms with van der Waals surface area (Å²) < 4.78 is 3.25. The van der Waals surface area contributed by atoms with Gasteiger partial charge < -0.3 is 31.1 Å². The Balaban J connectivity index is 0.949. The lowest BCUT2D eigenvalue weighted by atomic mass is 9.35. The molecule has 0 spiro atoms. The van der Waals surface area contributed by atoms with Gasteiger partial charge in [-0.25, -0.2) is 9.98 Å². The minimum atomic E-state index is -0.792. The molecule has 3 aliphatic heterocycles. The van der Waals surface area contributed by atoms with Gasteiger partial charge in [-0.2, -0.15) is 5.10 Å². The van der Waals surface area contributed by atoms with Gasteiger partial charge in [0.2, 0.25) is 5.13 Å². The van der Waals surface area contributed by atoms with E-state index in [1.807, 2.05) is 54.4 Å². The van der Waals surface area contributed by atoms with Crippen LogP contribution < -0.4 is 11.1 Å². The second-order valence-corrected chi connectivity index (χ2v) is 20.3. The number of rotatable bonds is 10. The van der Waals surface area contributed by atoms with Crippen LogP contribution in [0.4, 0.5) is 5.13 Å². The summed E-state index contributed by atoms with van der Waals surface area (Å²) in [5.41, 5.74) is 13.1. The standard InChI is InChI=1S/C45H59N9O2S/c1-29(38(46)51-41-49-34-12-5-6-13-35(34)57-41)31-11-9-20-53(39(31)47)36-15-14-32(37(50-36)40(55)56)33-21-48-54(30(33)2)28-45-25-42(3)22-43(4,26-45)24-44(23-42,27-45)16-10-19-52-17-7-8-18-52/h5-6,12-15,21,47,50,55-56H,7-11,16-20,22-28H2,1-4H3,(H2,46,49,51)/b31-29-,47-39?/t42-,43+,44?,45?. The summed E-state index contributed by atoms with van der Waals surface area (Å²) >= 11 is 1.49. The van der Waals surface area contributed by atoms with Crippen LogP contribution in [0, 0.1) is 34.0 Å². The Morgan fingerprint density at radius 2 is 1.72 bits per heavy atom. The van der Waals surface area contributed by atoms with E-state index in [0.29, 0.717) is 57.4 Å². The van der Waals surface area contributed by atoms with Crippen molar-refractivity contribution in [1.29, 1.82) is 5.41 Å². The minimum absolute atomic E-state index is 0.208. The molecule has 302 valence electrons. The van der Waals surface area contributed by atoms with Gasteiger partial charge >= 0.3 is 0 Å². The average Bonchev–Trinajstić information content (AvgIpc) is 3.90. The van der Waals surface area contributed by atoms with Gasteiger partial charge in [-0.15, -0.1) is 0 Å². The van der Waals surface area contributed by atoms with Gasteiger partial charge in [0.25, 0.3) is 5.95 Å². The maximum atomic E-state index is 10.7. The number of aliphatic hydroxyl groups excluding tert-OH is 1. The number of para-hydroxylation sites is 1. The summed E-state index contributed by atoms with van der Waals surface area (Å²) in [6, 6.07) is 7.91. The highest BCUT2D eigenvalue weighted by molar-refractivity contribution is 7.22. The van der Waals surface area contributed by atoms with E-state index in [-0.39, 0.29) is 11.1 Å². The molecule has 5 heterocycles. The zero-order valence-corrected chi connectivity index (χ0v) is 34.9. The summed E-state index contributed by atoms with van der Waals surface area (Å²) in [5.74, 6) is 0.457. The van der Waals surface area contributed by atoms with Gasteiger partial charge in [0.05, 0.1) is 16.4 Å². The number of fused-ring (bicyclic) bond motifs is 1. The number of aromatic nitrogens is 3. The first-order chi connectivity index (χ1) is 27.2. The number of amidine groups is 2. The van der Waals surface area contributed by atoms with Crippen LogP contribution in [0.15, 0.2) is 76.2 Å². The number of nitrogens with one attached hydrogen (secondary N) is 2. The Hall–Kier alpha value is -4.42. The third kappa shape index (κ3) is 7.11. The summed E-state index contributed by atoms with van der Waals surface area (Å²) in [4.78, 5) is 13.8. The van der Waals surface area contributed by atoms with Gasteiger partial charge in [-0.3, -0.25) is 10.1 Å². The molecule has 6 N–H and O–H groups in total. The van der Waals surface area contributed by atoms with Crippen molar-refractivity contribution in [2.75, 3.05) is 26.2 Å². The molecule has 2 unspecified atom stereocenters. The number of allylic oxidation sites excluding steroid dienone is 3. The van der Waals surface area contributed by atoms with E-state index >= 15 is 0 Å². The Morgan fingerprint density at radius 3 is 2.46 bits per heavy atom. The van der Waals surface area contributed by atoms with Gasteiger partial charge in [0.15, 0.2) is 0 Å². The van der Waals surface area contributed by atoms with Crippen molar-refractivity contribution >= 4 is 43.9 Å². The molecule has 12 heteroatoms. The summed E-state index contributed by atoms with van der Waals surface area (Å²) in [6.45, 7) is 14.5. The Kier molecular flexibility index (Phi) is 9.46. The van der Waals surface area contributed by atoms with Crippen LogP contribution in [0.25, 0.3) is 15.8 Å². The number of thiazole rings is 1. The maximum absolute atomic E-state index is 10.7. The highest BCUT2D eigenvalue weighted by Gasteiger charge is 2.65. The maximum Gasteiger partial charge on any atom is 0.299 e. The number of nitrogens with two attached hydrogens (primary N) is 1. The highest BCUT2D eigenvalue weighted by atomic mass is 32.1. The zero-order chi connectivity index (χ0) is 39.7. The molecule has 2 aromatic heterocycles. The number of nitrogens with zero attached hydrogens (tertiary/aromatic N) is 6. The molecule has 4 aliphatic carbocycles. The topological polar surface area (TPSA) is 152 Å². The smallest absolute Gasteiger partial charge is 0.299 e. The monoisotopic (exact) mass is 789 g/mol. The summed E-state index contributed by atoms with van der Waals surface area (Å²) in [7, 11) is 0. The molecule has 4 bridgehead atoms. The van der Waals surface area contributed by atoms with E-state index in [2.05, 4.69) is 45.6 Å². The van der Waals surface area contributed by atoms with Crippen LogP contribution in [-0.2, 0) is 6.54 Å². The number of aliphatic hydroxyl groups is 2. The predicted octanol–water partition coefficient (Wildman–Crippen LogP) is 9.24. The quantitative estimate of drug-likeness (QED) is 0.0775. The Labute approximate surface area is 340 Å². The Bertz CT molecular complexity index is 2210. The molecule has 0 radical (unpaired) electrons. The molecule has 4 atom stereocenters. The van der Waals surface area contributed by atoms with E-state index in [1.165, 1.54) is 95.2 Å². The Morgan fingerprint density at radius 1 is 0.982 bits per heavy atom. The molecular formula is C45H59N9O2S. The average molecular weight is 790 g/mol. The van der Waals surface area contributed by atoms with Crippen molar-refractivity contribution in [2.45, 2.75) is 111 Å². The normalized spacial score (nSPS) is 31.2. The third-order valence-electron chi connectivity index (χ3n) is 14.2. The van der Waals surface area contributed by atoms with Crippen LogP contribution >= 0.6 is 11.3 Å². The molecule has 3 aromatic rings. The first kappa shape index (κ1) is 38.1. The van der Waals surface area contributed by atoms with E-state index < -0.39 is 5.95 Å². The number of dihydropyridines is 1. The van der Waals surface area contributed by atoms with E-state index in [0.717, 1.165) is 45.6 Å². The lowest BCUT2D eigenvalue weighted by Gasteiger charge is -2.70. The largest absolute Gasteiger partial charge is 0.480 e. The molecule has 1 aromatic carbocycles. The summed E-state index contributed by atoms with van der Waals surface area (Å²) in [6.07, 6.45) is 20.5.